The van der Waals surface area contributed by atoms with E-state index in [0.29, 0.717) is 26.2 Å². The molecule has 0 saturated carbocycles. The number of halogens is 9. The number of hydrogen-bond donors (Lipinski definition) is 3. The SMILES string of the molecule is O=C(O)C(F)(F)F.O=C(O)C(F)(F)F.O=C(O)C(F)(F)F.O=C1N(Cc2ccsc2)CCOC12CN(Cc1cccnc1)CC2c1cccnc1. The quantitative estimate of drug-likeness (QED) is 0.304. The lowest BCUT2D eigenvalue weighted by Crippen LogP contribution is -2.59. The summed E-state index contributed by atoms with van der Waals surface area (Å²) in [7, 11) is 0. The molecule has 51 heavy (non-hydrogen) atoms. The molecule has 2 fully saturated rings. The van der Waals surface area contributed by atoms with E-state index in [1.54, 1.807) is 23.7 Å². The van der Waals surface area contributed by atoms with Crippen molar-refractivity contribution in [2.45, 2.75) is 43.1 Å². The number of carboxylic acid groups (broad SMARTS) is 3. The van der Waals surface area contributed by atoms with Gasteiger partial charge < -0.3 is 25.0 Å². The number of thiophene rings is 1. The van der Waals surface area contributed by atoms with Gasteiger partial charge in [-0.3, -0.25) is 19.7 Å². The van der Waals surface area contributed by atoms with E-state index in [-0.39, 0.29) is 11.8 Å². The van der Waals surface area contributed by atoms with E-state index < -0.39 is 42.0 Å². The number of aliphatic carboxylic acids is 3. The molecule has 2 aliphatic heterocycles. The predicted octanol–water partition coefficient (Wildman–Crippen LogP) is 4.84. The Kier molecular flexibility index (Phi) is 14.9. The number of carbonyl (C=O) groups excluding carboxylic acids is 1. The summed E-state index contributed by atoms with van der Waals surface area (Å²) in [5.74, 6) is -8.24. The fourth-order valence-electron chi connectivity index (χ4n) is 4.63. The van der Waals surface area contributed by atoms with Gasteiger partial charge in [0.2, 0.25) is 0 Å². The maximum atomic E-state index is 13.8. The molecule has 5 rings (SSSR count). The highest BCUT2D eigenvalue weighted by molar-refractivity contribution is 7.07. The second-order valence-electron chi connectivity index (χ2n) is 10.4. The Labute approximate surface area is 285 Å². The Morgan fingerprint density at radius 3 is 1.78 bits per heavy atom. The van der Waals surface area contributed by atoms with Crippen LogP contribution in [0.4, 0.5) is 39.5 Å². The molecule has 2 aliphatic rings. The number of amides is 1. The number of nitrogens with zero attached hydrogens (tertiary/aromatic N) is 4. The van der Waals surface area contributed by atoms with Crippen LogP contribution in [0.1, 0.15) is 22.6 Å². The molecular formula is C29H27F9N4O8S. The van der Waals surface area contributed by atoms with Crippen molar-refractivity contribution in [1.82, 2.24) is 19.8 Å². The standard InChI is InChI=1S/C23H24N4O2S.3C2HF3O2/c28-22-23(29-9-8-27(22)14-19-5-10-30-16-19)17-26(13-18-3-1-6-24-11-18)15-21(23)20-4-2-7-25-12-20;3*3-2(4,5)1(6)7/h1-7,10-12,16,21H,8-9,13-15,17H2;3*(H,6,7). The lowest BCUT2D eigenvalue weighted by Gasteiger charge is -2.42. The minimum absolute atomic E-state index is 0.0550. The summed E-state index contributed by atoms with van der Waals surface area (Å²) in [6, 6.07) is 10.1. The van der Waals surface area contributed by atoms with Gasteiger partial charge in [0.25, 0.3) is 5.91 Å². The lowest BCUT2D eigenvalue weighted by molar-refractivity contribution is -0.193. The molecule has 22 heteroatoms. The number of pyridine rings is 2. The first-order valence-electron chi connectivity index (χ1n) is 13.9. The Bertz CT molecular complexity index is 1520. The smallest absolute Gasteiger partial charge is 0.475 e. The van der Waals surface area contributed by atoms with Gasteiger partial charge in [0, 0.05) is 63.4 Å². The molecule has 5 heterocycles. The maximum absolute atomic E-state index is 13.8. The van der Waals surface area contributed by atoms with Crippen molar-refractivity contribution in [3.63, 3.8) is 0 Å². The van der Waals surface area contributed by atoms with E-state index in [4.69, 9.17) is 34.4 Å². The third-order valence-corrected chi connectivity index (χ3v) is 7.46. The molecule has 0 aliphatic carbocycles. The number of rotatable bonds is 5. The van der Waals surface area contributed by atoms with Crippen molar-refractivity contribution in [2.75, 3.05) is 26.2 Å². The van der Waals surface area contributed by atoms with Crippen molar-refractivity contribution in [1.29, 1.82) is 0 Å². The highest BCUT2D eigenvalue weighted by atomic mass is 32.1. The van der Waals surface area contributed by atoms with Crippen LogP contribution < -0.4 is 0 Å². The van der Waals surface area contributed by atoms with Crippen molar-refractivity contribution in [3.8, 4) is 0 Å². The summed E-state index contributed by atoms with van der Waals surface area (Å²) < 4.78 is 102. The number of carboxylic acids is 3. The molecule has 1 amide bonds. The fraction of sp³-hybridized carbons (Fsp3) is 0.379. The number of aromatic nitrogens is 2. The van der Waals surface area contributed by atoms with Crippen LogP contribution in [0.3, 0.4) is 0 Å². The van der Waals surface area contributed by atoms with Crippen LogP contribution in [0.5, 0.6) is 0 Å². The Balaban J connectivity index is 0.000000352. The zero-order valence-corrected chi connectivity index (χ0v) is 26.5. The summed E-state index contributed by atoms with van der Waals surface area (Å²) in [5, 5.41) is 25.5. The minimum atomic E-state index is -5.08. The molecule has 12 nitrogen and oxygen atoms in total. The number of carbonyl (C=O) groups is 4. The van der Waals surface area contributed by atoms with Gasteiger partial charge >= 0.3 is 36.4 Å². The first-order chi connectivity index (χ1) is 23.6. The summed E-state index contributed by atoms with van der Waals surface area (Å²) in [4.78, 5) is 53.3. The average Bonchev–Trinajstić information content (AvgIpc) is 3.68. The summed E-state index contributed by atoms with van der Waals surface area (Å²) >= 11 is 1.66. The minimum Gasteiger partial charge on any atom is -0.475 e. The second-order valence-corrected chi connectivity index (χ2v) is 11.2. The zero-order valence-electron chi connectivity index (χ0n) is 25.7. The van der Waals surface area contributed by atoms with Gasteiger partial charge in [0.05, 0.1) is 6.61 Å². The molecule has 2 atom stereocenters. The molecule has 0 bridgehead atoms. The van der Waals surface area contributed by atoms with Gasteiger partial charge in [-0.2, -0.15) is 50.9 Å². The van der Waals surface area contributed by atoms with Crippen LogP contribution in [0.2, 0.25) is 0 Å². The molecule has 2 saturated heterocycles. The second kappa shape index (κ2) is 17.9. The molecule has 0 radical (unpaired) electrons. The Hall–Kier alpha value is -4.83. The first-order valence-corrected chi connectivity index (χ1v) is 14.9. The molecule has 3 N–H and O–H groups in total. The van der Waals surface area contributed by atoms with Crippen LogP contribution in [0.15, 0.2) is 65.9 Å². The maximum Gasteiger partial charge on any atom is 0.490 e. The van der Waals surface area contributed by atoms with Gasteiger partial charge in [0.15, 0.2) is 5.60 Å². The Morgan fingerprint density at radius 1 is 0.824 bits per heavy atom. The van der Waals surface area contributed by atoms with Crippen LogP contribution in [0, 0.1) is 0 Å². The average molecular weight is 763 g/mol. The van der Waals surface area contributed by atoms with Crippen LogP contribution in [-0.2, 0) is 37.0 Å². The van der Waals surface area contributed by atoms with Gasteiger partial charge in [0.1, 0.15) is 0 Å². The molecular weight excluding hydrogens is 735 g/mol. The fourth-order valence-corrected chi connectivity index (χ4v) is 5.29. The van der Waals surface area contributed by atoms with Crippen molar-refractivity contribution < 1.29 is 78.7 Å². The van der Waals surface area contributed by atoms with Crippen LogP contribution >= 0.6 is 11.3 Å². The zero-order chi connectivity index (χ0) is 38.6. The monoisotopic (exact) mass is 762 g/mol. The van der Waals surface area contributed by atoms with E-state index >= 15 is 0 Å². The number of ether oxygens (including phenoxy) is 1. The highest BCUT2D eigenvalue weighted by Gasteiger charge is 2.57. The van der Waals surface area contributed by atoms with Crippen LogP contribution in [-0.4, -0.2) is 109 Å². The van der Waals surface area contributed by atoms with Gasteiger partial charge in [-0.25, -0.2) is 14.4 Å². The van der Waals surface area contributed by atoms with E-state index in [9.17, 15) is 44.3 Å². The molecule has 3 aromatic rings. The largest absolute Gasteiger partial charge is 0.490 e. The summed E-state index contributed by atoms with van der Waals surface area (Å²) in [6.45, 7) is 3.87. The van der Waals surface area contributed by atoms with Crippen molar-refractivity contribution >= 4 is 35.2 Å². The number of hydrogen-bond acceptors (Lipinski definition) is 9. The number of likely N-dealkylation sites (tertiary alicyclic amines) is 1. The summed E-state index contributed by atoms with van der Waals surface area (Å²) in [5.41, 5.74) is 2.49. The molecule has 0 aromatic carbocycles. The third kappa shape index (κ3) is 13.1. The third-order valence-electron chi connectivity index (χ3n) is 6.73. The molecule has 280 valence electrons. The van der Waals surface area contributed by atoms with E-state index in [1.165, 1.54) is 5.56 Å². The van der Waals surface area contributed by atoms with Gasteiger partial charge in [-0.1, -0.05) is 12.1 Å². The lowest BCUT2D eigenvalue weighted by atomic mass is 9.83. The van der Waals surface area contributed by atoms with E-state index in [2.05, 4.69) is 43.8 Å². The molecule has 3 aromatic heterocycles. The number of morpholine rings is 1. The van der Waals surface area contributed by atoms with E-state index in [0.717, 1.165) is 24.2 Å². The van der Waals surface area contributed by atoms with Crippen molar-refractivity contribution in [3.05, 3.63) is 82.6 Å². The van der Waals surface area contributed by atoms with E-state index in [1.807, 2.05) is 29.4 Å². The normalized spacial score (nSPS) is 19.1. The van der Waals surface area contributed by atoms with Gasteiger partial charge in [-0.05, 0) is 45.6 Å². The van der Waals surface area contributed by atoms with Gasteiger partial charge in [-0.15, -0.1) is 0 Å². The molecule has 1 spiro atoms. The topological polar surface area (TPSA) is 170 Å². The molecule has 2 unspecified atom stereocenters. The highest BCUT2D eigenvalue weighted by Crippen LogP contribution is 2.42. The Morgan fingerprint density at radius 2 is 1.35 bits per heavy atom. The summed E-state index contributed by atoms with van der Waals surface area (Å²) in [6.07, 6.45) is -7.95. The van der Waals surface area contributed by atoms with Crippen LogP contribution in [0.25, 0.3) is 0 Å². The van der Waals surface area contributed by atoms with Crippen molar-refractivity contribution in [2.24, 2.45) is 0 Å². The predicted molar refractivity (Wildman–Crippen MR) is 156 cm³/mol. The number of alkyl halides is 9. The first kappa shape index (κ1) is 42.3.